The van der Waals surface area contributed by atoms with Gasteiger partial charge in [0.15, 0.2) is 0 Å². The smallest absolute Gasteiger partial charge is 0.0749 e. The predicted molar refractivity (Wildman–Crippen MR) is 60.6 cm³/mol. The summed E-state index contributed by atoms with van der Waals surface area (Å²) in [5.74, 6) is 0. The van der Waals surface area contributed by atoms with Crippen molar-refractivity contribution < 1.29 is 0 Å². The maximum absolute atomic E-state index is 3.99. The van der Waals surface area contributed by atoms with Crippen LogP contribution in [0.3, 0.4) is 0 Å². The molecule has 0 aliphatic heterocycles. The van der Waals surface area contributed by atoms with E-state index < -0.39 is 0 Å². The molecule has 0 spiro atoms. The third kappa shape index (κ3) is 3.40. The van der Waals surface area contributed by atoms with Crippen molar-refractivity contribution >= 4 is 5.69 Å². The van der Waals surface area contributed by atoms with Crippen LogP contribution in [0.15, 0.2) is 12.4 Å². The standard InChI is InChI=1S/C11H21N3/c1-3-5-7-14(8-6-4-2)11-9-12-13-10-11/h9-10H,3-8H2,1-2H3,(H,12,13). The Balaban J connectivity index is 2.44. The Kier molecular flexibility index (Phi) is 5.12. The van der Waals surface area contributed by atoms with Crippen LogP contribution in [0.25, 0.3) is 0 Å². The molecule has 1 N–H and O–H groups in total. The van der Waals surface area contributed by atoms with Crippen LogP contribution in [-0.2, 0) is 0 Å². The van der Waals surface area contributed by atoms with Gasteiger partial charge in [0.1, 0.15) is 0 Å². The van der Waals surface area contributed by atoms with Crippen molar-refractivity contribution in [1.29, 1.82) is 0 Å². The van der Waals surface area contributed by atoms with Crippen molar-refractivity contribution in [2.24, 2.45) is 0 Å². The average Bonchev–Trinajstić information content (AvgIpc) is 2.71. The van der Waals surface area contributed by atoms with Gasteiger partial charge in [0.05, 0.1) is 11.9 Å². The summed E-state index contributed by atoms with van der Waals surface area (Å²) < 4.78 is 0. The molecular weight excluding hydrogens is 174 g/mol. The zero-order valence-corrected chi connectivity index (χ0v) is 9.29. The number of anilines is 1. The van der Waals surface area contributed by atoms with Gasteiger partial charge in [-0.1, -0.05) is 26.7 Å². The third-order valence-corrected chi connectivity index (χ3v) is 2.41. The SMILES string of the molecule is CCCCN(CCCC)c1cn[nH]c1. The first kappa shape index (κ1) is 11.1. The van der Waals surface area contributed by atoms with E-state index in [1.54, 1.807) is 0 Å². The summed E-state index contributed by atoms with van der Waals surface area (Å²) in [6.07, 6.45) is 8.90. The van der Waals surface area contributed by atoms with Gasteiger partial charge in [-0.05, 0) is 12.8 Å². The van der Waals surface area contributed by atoms with Crippen molar-refractivity contribution in [3.8, 4) is 0 Å². The molecular formula is C11H21N3. The zero-order valence-electron chi connectivity index (χ0n) is 9.29. The van der Waals surface area contributed by atoms with Gasteiger partial charge in [0.25, 0.3) is 0 Å². The van der Waals surface area contributed by atoms with Crippen LogP contribution < -0.4 is 4.90 Å². The molecule has 0 amide bonds. The molecule has 0 bridgehead atoms. The summed E-state index contributed by atoms with van der Waals surface area (Å²) in [5, 5.41) is 6.86. The lowest BCUT2D eigenvalue weighted by Crippen LogP contribution is -2.25. The molecule has 0 aliphatic rings. The van der Waals surface area contributed by atoms with E-state index >= 15 is 0 Å². The van der Waals surface area contributed by atoms with Gasteiger partial charge in [-0.2, -0.15) is 5.10 Å². The average molecular weight is 195 g/mol. The Morgan fingerprint density at radius 1 is 1.21 bits per heavy atom. The van der Waals surface area contributed by atoms with Crippen molar-refractivity contribution in [1.82, 2.24) is 10.2 Å². The van der Waals surface area contributed by atoms with E-state index in [1.807, 2.05) is 12.4 Å². The van der Waals surface area contributed by atoms with Crippen LogP contribution in [0.1, 0.15) is 39.5 Å². The monoisotopic (exact) mass is 195 g/mol. The molecule has 0 aromatic carbocycles. The Hall–Kier alpha value is -0.990. The number of aromatic nitrogens is 2. The second-order valence-electron chi connectivity index (χ2n) is 3.65. The Morgan fingerprint density at radius 2 is 1.86 bits per heavy atom. The number of rotatable bonds is 7. The Labute approximate surface area is 86.5 Å². The minimum Gasteiger partial charge on any atom is -0.369 e. The molecule has 80 valence electrons. The topological polar surface area (TPSA) is 31.9 Å². The second kappa shape index (κ2) is 6.46. The lowest BCUT2D eigenvalue weighted by Gasteiger charge is -2.22. The van der Waals surface area contributed by atoms with E-state index in [1.165, 1.54) is 31.4 Å². The summed E-state index contributed by atoms with van der Waals surface area (Å²) >= 11 is 0. The molecule has 1 heterocycles. The van der Waals surface area contributed by atoms with Crippen LogP contribution in [0.5, 0.6) is 0 Å². The van der Waals surface area contributed by atoms with E-state index in [4.69, 9.17) is 0 Å². The van der Waals surface area contributed by atoms with Gasteiger partial charge >= 0.3 is 0 Å². The van der Waals surface area contributed by atoms with E-state index in [2.05, 4.69) is 28.9 Å². The summed E-state index contributed by atoms with van der Waals surface area (Å²) in [4.78, 5) is 2.41. The van der Waals surface area contributed by atoms with Crippen molar-refractivity contribution in [3.63, 3.8) is 0 Å². The van der Waals surface area contributed by atoms with E-state index in [9.17, 15) is 0 Å². The van der Waals surface area contributed by atoms with Gasteiger partial charge < -0.3 is 4.90 Å². The first-order valence-electron chi connectivity index (χ1n) is 5.62. The number of H-pyrrole nitrogens is 1. The molecule has 0 atom stereocenters. The summed E-state index contributed by atoms with van der Waals surface area (Å²) in [7, 11) is 0. The summed E-state index contributed by atoms with van der Waals surface area (Å²) in [6, 6.07) is 0. The molecule has 3 nitrogen and oxygen atoms in total. The lowest BCUT2D eigenvalue weighted by atomic mass is 10.2. The lowest BCUT2D eigenvalue weighted by molar-refractivity contribution is 0.678. The molecule has 0 unspecified atom stereocenters. The molecule has 0 radical (unpaired) electrons. The van der Waals surface area contributed by atoms with Gasteiger partial charge in [-0.3, -0.25) is 5.10 Å². The van der Waals surface area contributed by atoms with Crippen molar-refractivity contribution in [3.05, 3.63) is 12.4 Å². The third-order valence-electron chi connectivity index (χ3n) is 2.41. The molecule has 1 rings (SSSR count). The largest absolute Gasteiger partial charge is 0.369 e. The van der Waals surface area contributed by atoms with Crippen molar-refractivity contribution in [2.75, 3.05) is 18.0 Å². The molecule has 0 saturated carbocycles. The molecule has 0 saturated heterocycles. The highest BCUT2D eigenvalue weighted by Crippen LogP contribution is 2.12. The van der Waals surface area contributed by atoms with Crippen LogP contribution in [-0.4, -0.2) is 23.3 Å². The second-order valence-corrected chi connectivity index (χ2v) is 3.65. The molecule has 0 fully saturated rings. The minimum absolute atomic E-state index is 1.15. The molecule has 0 aliphatic carbocycles. The van der Waals surface area contributed by atoms with Crippen LogP contribution in [0, 0.1) is 0 Å². The summed E-state index contributed by atoms with van der Waals surface area (Å²) in [5.41, 5.74) is 1.23. The molecule has 1 aromatic rings. The van der Waals surface area contributed by atoms with Gasteiger partial charge in [-0.25, -0.2) is 0 Å². The van der Waals surface area contributed by atoms with Crippen LogP contribution >= 0.6 is 0 Å². The highest BCUT2D eigenvalue weighted by molar-refractivity contribution is 5.41. The fourth-order valence-corrected chi connectivity index (χ4v) is 1.48. The summed E-state index contributed by atoms with van der Waals surface area (Å²) in [6.45, 7) is 6.76. The number of hydrogen-bond acceptors (Lipinski definition) is 2. The maximum Gasteiger partial charge on any atom is 0.0749 e. The first-order chi connectivity index (χ1) is 6.88. The molecule has 14 heavy (non-hydrogen) atoms. The van der Waals surface area contributed by atoms with Crippen molar-refractivity contribution in [2.45, 2.75) is 39.5 Å². The highest BCUT2D eigenvalue weighted by atomic mass is 15.2. The van der Waals surface area contributed by atoms with Gasteiger partial charge in [0.2, 0.25) is 0 Å². The number of aromatic amines is 1. The fourth-order valence-electron chi connectivity index (χ4n) is 1.48. The van der Waals surface area contributed by atoms with Crippen LogP contribution in [0.2, 0.25) is 0 Å². The number of nitrogens with one attached hydrogen (secondary N) is 1. The molecule has 1 aromatic heterocycles. The van der Waals surface area contributed by atoms with Gasteiger partial charge in [-0.15, -0.1) is 0 Å². The maximum atomic E-state index is 3.99. The quantitative estimate of drug-likeness (QED) is 0.725. The van der Waals surface area contributed by atoms with E-state index in [0.29, 0.717) is 0 Å². The zero-order chi connectivity index (χ0) is 10.2. The number of hydrogen-bond donors (Lipinski definition) is 1. The van der Waals surface area contributed by atoms with E-state index in [0.717, 1.165) is 13.1 Å². The fraction of sp³-hybridized carbons (Fsp3) is 0.727. The van der Waals surface area contributed by atoms with Crippen LogP contribution in [0.4, 0.5) is 5.69 Å². The predicted octanol–water partition coefficient (Wildman–Crippen LogP) is 2.82. The Morgan fingerprint density at radius 3 is 2.29 bits per heavy atom. The van der Waals surface area contributed by atoms with E-state index in [-0.39, 0.29) is 0 Å². The Bertz CT molecular complexity index is 210. The number of unbranched alkanes of at least 4 members (excludes halogenated alkanes) is 2. The molecule has 3 heteroatoms. The number of nitrogens with zero attached hydrogens (tertiary/aromatic N) is 2. The highest BCUT2D eigenvalue weighted by Gasteiger charge is 2.05. The first-order valence-corrected chi connectivity index (χ1v) is 5.62. The van der Waals surface area contributed by atoms with Gasteiger partial charge in [0, 0.05) is 19.3 Å². The normalized spacial score (nSPS) is 10.4. The minimum atomic E-state index is 1.15.